The molecular weight excluding hydrogens is 484 g/mol. The molecule has 6 amide bonds. The third-order valence-corrected chi connectivity index (χ3v) is 6.72. The molecule has 3 rings (SSSR count). The van der Waals surface area contributed by atoms with Gasteiger partial charge in [-0.3, -0.25) is 19.4 Å². The smallest absolute Gasteiger partial charge is 0.303 e. The predicted octanol–water partition coefficient (Wildman–Crippen LogP) is 3.62. The molecular formula is C28H40N6O4. The lowest BCUT2D eigenvalue weighted by molar-refractivity contribution is -0.125. The van der Waals surface area contributed by atoms with E-state index in [1.807, 2.05) is 55.4 Å². The molecule has 2 aliphatic rings. The van der Waals surface area contributed by atoms with Crippen LogP contribution in [0.3, 0.4) is 0 Å². The lowest BCUT2D eigenvalue weighted by Gasteiger charge is -2.32. The molecule has 0 aliphatic carbocycles. The Bertz CT molecular complexity index is 1050. The third-order valence-electron chi connectivity index (χ3n) is 6.72. The van der Waals surface area contributed by atoms with Gasteiger partial charge in [-0.15, -0.1) is 0 Å². The highest BCUT2D eigenvalue weighted by molar-refractivity contribution is 6.14. The van der Waals surface area contributed by atoms with Crippen molar-refractivity contribution in [3.05, 3.63) is 46.8 Å². The maximum Gasteiger partial charge on any atom is 0.330 e. The van der Waals surface area contributed by atoms with Crippen molar-refractivity contribution in [2.45, 2.75) is 79.6 Å². The number of hydrogen-bond acceptors (Lipinski definition) is 6. The van der Waals surface area contributed by atoms with Crippen LogP contribution in [0.1, 0.15) is 66.5 Å². The van der Waals surface area contributed by atoms with Crippen LogP contribution in [0.25, 0.3) is 12.2 Å². The monoisotopic (exact) mass is 524 g/mol. The van der Waals surface area contributed by atoms with Crippen LogP contribution in [-0.4, -0.2) is 81.0 Å². The molecule has 2 N–H and O–H groups in total. The standard InChI is InChI=1S/C28H40N6O4/c1-17(2)31(18(3)4)15-33-25(35)23(29-27(33)37)13-21-10-9-11-22(12-21)14-24-26(36)34(28(38)30-24)16-32(19(5)6)20(7)8/h9-14,17-20H,15-16H2,1-8H3,(H,29,37)(H,30,38)/b23-13+,24-14+. The Hall–Kier alpha value is -3.50. The van der Waals surface area contributed by atoms with Gasteiger partial charge < -0.3 is 10.6 Å². The molecule has 2 aliphatic heterocycles. The minimum atomic E-state index is -0.456. The van der Waals surface area contributed by atoms with E-state index in [0.29, 0.717) is 11.1 Å². The fraction of sp³-hybridized carbons (Fsp3) is 0.500. The minimum absolute atomic E-state index is 0.168. The lowest BCUT2D eigenvalue weighted by Crippen LogP contribution is -2.47. The second kappa shape index (κ2) is 11.9. The Labute approximate surface area is 225 Å². The van der Waals surface area contributed by atoms with Gasteiger partial charge in [0.05, 0.1) is 13.3 Å². The third kappa shape index (κ3) is 6.49. The van der Waals surface area contributed by atoms with Gasteiger partial charge in [0, 0.05) is 24.2 Å². The van der Waals surface area contributed by atoms with Crippen LogP contribution < -0.4 is 10.6 Å². The number of hydrogen-bond donors (Lipinski definition) is 2. The number of carbonyl (C=O) groups is 4. The van der Waals surface area contributed by atoms with Crippen LogP contribution in [-0.2, 0) is 9.59 Å². The van der Waals surface area contributed by atoms with Gasteiger partial charge in [-0.1, -0.05) is 18.2 Å². The topological polar surface area (TPSA) is 105 Å². The molecule has 0 unspecified atom stereocenters. The Morgan fingerprint density at radius 3 is 1.32 bits per heavy atom. The summed E-state index contributed by atoms with van der Waals surface area (Å²) < 4.78 is 0. The zero-order chi connectivity index (χ0) is 28.3. The number of nitrogens with one attached hydrogen (secondary N) is 2. The molecule has 10 heteroatoms. The zero-order valence-corrected chi connectivity index (χ0v) is 23.6. The minimum Gasteiger partial charge on any atom is -0.303 e. The fourth-order valence-electron chi connectivity index (χ4n) is 4.64. The van der Waals surface area contributed by atoms with Gasteiger partial charge >= 0.3 is 12.1 Å². The average Bonchev–Trinajstić information content (AvgIpc) is 3.23. The Morgan fingerprint density at radius 1 is 0.658 bits per heavy atom. The Morgan fingerprint density at radius 2 is 1.00 bits per heavy atom. The lowest BCUT2D eigenvalue weighted by atomic mass is 10.1. The molecule has 38 heavy (non-hydrogen) atoms. The number of amides is 6. The fourth-order valence-corrected chi connectivity index (χ4v) is 4.64. The van der Waals surface area contributed by atoms with E-state index in [1.165, 1.54) is 9.80 Å². The van der Waals surface area contributed by atoms with Crippen molar-refractivity contribution in [2.75, 3.05) is 13.3 Å². The first-order valence-electron chi connectivity index (χ1n) is 13.1. The first-order chi connectivity index (χ1) is 17.8. The summed E-state index contributed by atoms with van der Waals surface area (Å²) in [5, 5.41) is 5.33. The van der Waals surface area contributed by atoms with Gasteiger partial charge in [0.2, 0.25) is 0 Å². The van der Waals surface area contributed by atoms with E-state index in [4.69, 9.17) is 0 Å². The highest BCUT2D eigenvalue weighted by atomic mass is 16.2. The first kappa shape index (κ1) is 29.1. The summed E-state index contributed by atoms with van der Waals surface area (Å²) in [6.07, 6.45) is 3.23. The summed E-state index contributed by atoms with van der Waals surface area (Å²) in [7, 11) is 0. The van der Waals surface area contributed by atoms with Crippen LogP contribution in [0.4, 0.5) is 9.59 Å². The average molecular weight is 525 g/mol. The van der Waals surface area contributed by atoms with Crippen LogP contribution in [0.15, 0.2) is 35.7 Å². The highest BCUT2D eigenvalue weighted by Gasteiger charge is 2.37. The van der Waals surface area contributed by atoms with E-state index in [-0.39, 0.29) is 48.9 Å². The quantitative estimate of drug-likeness (QED) is 0.358. The van der Waals surface area contributed by atoms with Gasteiger partial charge in [-0.25, -0.2) is 19.4 Å². The second-order valence-corrected chi connectivity index (χ2v) is 10.8. The van der Waals surface area contributed by atoms with Crippen molar-refractivity contribution in [1.29, 1.82) is 0 Å². The van der Waals surface area contributed by atoms with Crippen molar-refractivity contribution < 1.29 is 19.2 Å². The van der Waals surface area contributed by atoms with Crippen LogP contribution in [0, 0.1) is 0 Å². The van der Waals surface area contributed by atoms with E-state index < -0.39 is 23.9 Å². The van der Waals surface area contributed by atoms with Gasteiger partial charge in [0.1, 0.15) is 11.4 Å². The maximum atomic E-state index is 13.0. The van der Waals surface area contributed by atoms with E-state index in [1.54, 1.807) is 36.4 Å². The summed E-state index contributed by atoms with van der Waals surface area (Å²) in [6.45, 7) is 16.6. The number of imide groups is 2. The van der Waals surface area contributed by atoms with Crippen molar-refractivity contribution in [3.8, 4) is 0 Å². The van der Waals surface area contributed by atoms with Gasteiger partial charge in [0.25, 0.3) is 11.8 Å². The molecule has 1 aromatic carbocycles. The number of urea groups is 2. The molecule has 10 nitrogen and oxygen atoms in total. The summed E-state index contributed by atoms with van der Waals surface area (Å²) in [5.74, 6) is -0.780. The SMILES string of the molecule is CC(C)N(CN1C(=O)N/C(=C/c2cccc(/C=C3/NC(=O)N(CN(C(C)C)C(C)C)C3=O)c2)C1=O)C(C)C. The van der Waals surface area contributed by atoms with Crippen molar-refractivity contribution in [3.63, 3.8) is 0 Å². The first-order valence-corrected chi connectivity index (χ1v) is 13.1. The predicted molar refractivity (Wildman–Crippen MR) is 147 cm³/mol. The molecule has 0 radical (unpaired) electrons. The van der Waals surface area contributed by atoms with Crippen molar-refractivity contribution in [2.24, 2.45) is 0 Å². The number of nitrogens with zero attached hydrogens (tertiary/aromatic N) is 4. The number of carbonyl (C=O) groups excluding carboxylic acids is 4. The highest BCUT2D eigenvalue weighted by Crippen LogP contribution is 2.20. The van der Waals surface area contributed by atoms with Gasteiger partial charge in [0.15, 0.2) is 0 Å². The van der Waals surface area contributed by atoms with Crippen LogP contribution in [0.5, 0.6) is 0 Å². The molecule has 1 aromatic rings. The van der Waals surface area contributed by atoms with E-state index in [2.05, 4.69) is 20.4 Å². The van der Waals surface area contributed by atoms with Gasteiger partial charge in [-0.2, -0.15) is 0 Å². The van der Waals surface area contributed by atoms with E-state index in [0.717, 1.165) is 0 Å². The normalized spacial score (nSPS) is 18.7. The zero-order valence-electron chi connectivity index (χ0n) is 23.6. The molecule has 2 saturated heterocycles. The number of rotatable bonds is 10. The van der Waals surface area contributed by atoms with E-state index >= 15 is 0 Å². The Kier molecular flexibility index (Phi) is 9.11. The van der Waals surface area contributed by atoms with Gasteiger partial charge in [-0.05, 0) is 84.7 Å². The molecule has 2 fully saturated rings. The van der Waals surface area contributed by atoms with Crippen LogP contribution >= 0.6 is 0 Å². The largest absolute Gasteiger partial charge is 0.330 e. The number of benzene rings is 1. The summed E-state index contributed by atoms with van der Waals surface area (Å²) in [6, 6.07) is 6.94. The Balaban J connectivity index is 1.78. The molecule has 0 spiro atoms. The molecule has 206 valence electrons. The molecule has 0 saturated carbocycles. The summed E-state index contributed by atoms with van der Waals surface area (Å²) >= 11 is 0. The van der Waals surface area contributed by atoms with E-state index in [9.17, 15) is 19.2 Å². The van der Waals surface area contributed by atoms with Crippen molar-refractivity contribution in [1.82, 2.24) is 30.2 Å². The molecule has 2 heterocycles. The second-order valence-electron chi connectivity index (χ2n) is 10.8. The summed E-state index contributed by atoms with van der Waals surface area (Å²) in [4.78, 5) is 57.6. The van der Waals surface area contributed by atoms with Crippen molar-refractivity contribution >= 4 is 36.0 Å². The molecule has 0 bridgehead atoms. The molecule has 0 atom stereocenters. The summed E-state index contributed by atoms with van der Waals surface area (Å²) in [5.41, 5.74) is 1.72. The maximum absolute atomic E-state index is 13.0. The molecule has 0 aromatic heterocycles. The van der Waals surface area contributed by atoms with Crippen LogP contribution in [0.2, 0.25) is 0 Å².